The van der Waals surface area contributed by atoms with Gasteiger partial charge >= 0.3 is 5.97 Å². The van der Waals surface area contributed by atoms with Gasteiger partial charge in [-0.1, -0.05) is 0 Å². The van der Waals surface area contributed by atoms with Crippen LogP contribution in [-0.4, -0.2) is 35.0 Å². The van der Waals surface area contributed by atoms with Crippen molar-refractivity contribution >= 4 is 17.8 Å². The summed E-state index contributed by atoms with van der Waals surface area (Å²) < 4.78 is 0. The fourth-order valence-electron chi connectivity index (χ4n) is 2.30. The van der Waals surface area contributed by atoms with E-state index in [2.05, 4.69) is 10.6 Å². The van der Waals surface area contributed by atoms with Crippen LogP contribution in [0, 0.1) is 5.92 Å². The molecule has 0 aliphatic heterocycles. The van der Waals surface area contributed by atoms with Gasteiger partial charge in [0, 0.05) is 17.2 Å². The number of carbonyl (C=O) groups is 3. The van der Waals surface area contributed by atoms with E-state index in [1.807, 2.05) is 0 Å². The number of aliphatic carboxylic acids is 1. The normalized spacial score (nSPS) is 18.4. The second-order valence-electron chi connectivity index (χ2n) is 5.95. The lowest BCUT2D eigenvalue weighted by atomic mass is 10.1. The third-order valence-corrected chi connectivity index (χ3v) is 3.97. The molecule has 116 valence electrons. The van der Waals surface area contributed by atoms with Gasteiger partial charge in [-0.05, 0) is 55.9 Å². The monoisotopic (exact) mass is 302 g/mol. The second kappa shape index (κ2) is 5.79. The lowest BCUT2D eigenvalue weighted by Crippen LogP contribution is -2.42. The minimum absolute atomic E-state index is 0.0324. The molecule has 0 bridgehead atoms. The molecule has 2 aliphatic carbocycles. The summed E-state index contributed by atoms with van der Waals surface area (Å²) in [7, 11) is 0. The Balaban J connectivity index is 1.62. The van der Waals surface area contributed by atoms with Crippen molar-refractivity contribution in [2.75, 3.05) is 0 Å². The highest BCUT2D eigenvalue weighted by atomic mass is 16.4. The molecule has 1 aromatic rings. The summed E-state index contributed by atoms with van der Waals surface area (Å²) in [5.74, 6) is -1.54. The molecule has 2 saturated carbocycles. The fraction of sp³-hybridized carbons (Fsp3) is 0.438. The molecule has 2 aliphatic rings. The zero-order valence-electron chi connectivity index (χ0n) is 12.0. The molecule has 2 fully saturated rings. The molecule has 0 aromatic heterocycles. The number of nitrogens with one attached hydrogen (secondary N) is 2. The Bertz CT molecular complexity index is 603. The zero-order chi connectivity index (χ0) is 15.7. The Kier molecular flexibility index (Phi) is 3.83. The smallest absolute Gasteiger partial charge is 0.326 e. The van der Waals surface area contributed by atoms with E-state index in [1.165, 1.54) is 0 Å². The van der Waals surface area contributed by atoms with Crippen LogP contribution in [0.5, 0.6) is 0 Å². The first-order valence-corrected chi connectivity index (χ1v) is 7.49. The summed E-state index contributed by atoms with van der Waals surface area (Å²) in [5.41, 5.74) is 0.857. The SMILES string of the molecule is O=C(NC1CC1)c1ccc(C(=O)NC(C(=O)O)C2CC2)cc1. The van der Waals surface area contributed by atoms with Gasteiger partial charge < -0.3 is 15.7 Å². The molecule has 0 heterocycles. The van der Waals surface area contributed by atoms with Crippen molar-refractivity contribution in [3.8, 4) is 0 Å². The predicted molar refractivity (Wildman–Crippen MR) is 78.5 cm³/mol. The average molecular weight is 302 g/mol. The quantitative estimate of drug-likeness (QED) is 0.735. The van der Waals surface area contributed by atoms with E-state index in [-0.39, 0.29) is 17.9 Å². The lowest BCUT2D eigenvalue weighted by molar-refractivity contribution is -0.139. The maximum atomic E-state index is 12.1. The Labute approximate surface area is 127 Å². The molecule has 3 N–H and O–H groups in total. The summed E-state index contributed by atoms with van der Waals surface area (Å²) in [6.07, 6.45) is 3.70. The first-order chi connectivity index (χ1) is 10.5. The van der Waals surface area contributed by atoms with Crippen LogP contribution in [0.4, 0.5) is 0 Å². The molecule has 2 amide bonds. The highest BCUT2D eigenvalue weighted by molar-refractivity contribution is 5.99. The average Bonchev–Trinajstić information content (AvgIpc) is 3.38. The van der Waals surface area contributed by atoms with E-state index in [4.69, 9.17) is 5.11 Å². The highest BCUT2D eigenvalue weighted by Gasteiger charge is 2.37. The van der Waals surface area contributed by atoms with Gasteiger partial charge in [0.1, 0.15) is 6.04 Å². The summed E-state index contributed by atoms with van der Waals surface area (Å²) in [6, 6.07) is 5.71. The van der Waals surface area contributed by atoms with Crippen molar-refractivity contribution in [3.05, 3.63) is 35.4 Å². The molecule has 3 rings (SSSR count). The highest BCUT2D eigenvalue weighted by Crippen LogP contribution is 2.32. The van der Waals surface area contributed by atoms with Crippen LogP contribution in [0.15, 0.2) is 24.3 Å². The van der Waals surface area contributed by atoms with Crippen LogP contribution >= 0.6 is 0 Å². The molecular weight excluding hydrogens is 284 g/mol. The summed E-state index contributed by atoms with van der Waals surface area (Å²) in [6.45, 7) is 0. The standard InChI is InChI=1S/C16H18N2O4/c19-14(17-12-7-8-12)10-3-5-11(6-4-10)15(20)18-13(16(21)22)9-1-2-9/h3-6,9,12-13H,1-2,7-8H2,(H,17,19)(H,18,20)(H,21,22). The third kappa shape index (κ3) is 3.44. The number of carboxylic acids is 1. The minimum atomic E-state index is -1.00. The summed E-state index contributed by atoms with van der Waals surface area (Å²) in [5, 5.41) is 14.5. The van der Waals surface area contributed by atoms with Gasteiger partial charge in [0.25, 0.3) is 11.8 Å². The topological polar surface area (TPSA) is 95.5 Å². The molecule has 0 saturated heterocycles. The van der Waals surface area contributed by atoms with Crippen molar-refractivity contribution in [3.63, 3.8) is 0 Å². The molecule has 1 aromatic carbocycles. The second-order valence-corrected chi connectivity index (χ2v) is 5.95. The predicted octanol–water partition coefficient (Wildman–Crippen LogP) is 1.17. The van der Waals surface area contributed by atoms with Crippen molar-refractivity contribution in [2.24, 2.45) is 5.92 Å². The Hall–Kier alpha value is -2.37. The number of amides is 2. The van der Waals surface area contributed by atoms with E-state index < -0.39 is 17.9 Å². The molecular formula is C16H18N2O4. The molecule has 0 spiro atoms. The Morgan fingerprint density at radius 3 is 1.95 bits per heavy atom. The van der Waals surface area contributed by atoms with Gasteiger partial charge in [0.05, 0.1) is 0 Å². The Morgan fingerprint density at radius 2 is 1.50 bits per heavy atom. The first-order valence-electron chi connectivity index (χ1n) is 7.49. The third-order valence-electron chi connectivity index (χ3n) is 3.97. The zero-order valence-corrected chi connectivity index (χ0v) is 12.0. The van der Waals surface area contributed by atoms with E-state index >= 15 is 0 Å². The van der Waals surface area contributed by atoms with Gasteiger partial charge in [-0.2, -0.15) is 0 Å². The van der Waals surface area contributed by atoms with E-state index in [9.17, 15) is 14.4 Å². The summed E-state index contributed by atoms with van der Waals surface area (Å²) in [4.78, 5) is 35.1. The largest absolute Gasteiger partial charge is 0.480 e. The van der Waals surface area contributed by atoms with Crippen molar-refractivity contribution in [1.82, 2.24) is 10.6 Å². The van der Waals surface area contributed by atoms with Crippen molar-refractivity contribution in [2.45, 2.75) is 37.8 Å². The molecule has 1 atom stereocenters. The first kappa shape index (κ1) is 14.6. The minimum Gasteiger partial charge on any atom is -0.480 e. The van der Waals surface area contributed by atoms with Crippen LogP contribution in [0.2, 0.25) is 0 Å². The maximum absolute atomic E-state index is 12.1. The van der Waals surface area contributed by atoms with Gasteiger partial charge in [-0.3, -0.25) is 9.59 Å². The molecule has 22 heavy (non-hydrogen) atoms. The van der Waals surface area contributed by atoms with E-state index in [0.29, 0.717) is 11.1 Å². The van der Waals surface area contributed by atoms with Crippen LogP contribution in [0.1, 0.15) is 46.4 Å². The van der Waals surface area contributed by atoms with Crippen molar-refractivity contribution < 1.29 is 19.5 Å². The van der Waals surface area contributed by atoms with Gasteiger partial charge in [-0.15, -0.1) is 0 Å². The number of hydrogen-bond acceptors (Lipinski definition) is 3. The molecule has 1 unspecified atom stereocenters. The van der Waals surface area contributed by atoms with Crippen LogP contribution in [0.25, 0.3) is 0 Å². The number of rotatable bonds is 6. The number of benzene rings is 1. The molecule has 0 radical (unpaired) electrons. The van der Waals surface area contributed by atoms with Gasteiger partial charge in [-0.25, -0.2) is 4.79 Å². The fourth-order valence-corrected chi connectivity index (χ4v) is 2.30. The molecule has 6 heteroatoms. The van der Waals surface area contributed by atoms with Crippen LogP contribution in [0.3, 0.4) is 0 Å². The van der Waals surface area contributed by atoms with Crippen molar-refractivity contribution in [1.29, 1.82) is 0 Å². The van der Waals surface area contributed by atoms with Crippen LogP contribution in [-0.2, 0) is 4.79 Å². The number of hydrogen-bond donors (Lipinski definition) is 3. The van der Waals surface area contributed by atoms with E-state index in [0.717, 1.165) is 25.7 Å². The van der Waals surface area contributed by atoms with Crippen LogP contribution < -0.4 is 10.6 Å². The Morgan fingerprint density at radius 1 is 0.955 bits per heavy atom. The lowest BCUT2D eigenvalue weighted by Gasteiger charge is -2.13. The summed E-state index contributed by atoms with van der Waals surface area (Å²) >= 11 is 0. The van der Waals surface area contributed by atoms with Gasteiger partial charge in [0.15, 0.2) is 0 Å². The number of carbonyl (C=O) groups excluding carboxylic acids is 2. The molecule has 6 nitrogen and oxygen atoms in total. The maximum Gasteiger partial charge on any atom is 0.326 e. The van der Waals surface area contributed by atoms with E-state index in [1.54, 1.807) is 24.3 Å². The number of carboxylic acid groups (broad SMARTS) is 1. The van der Waals surface area contributed by atoms with Gasteiger partial charge in [0.2, 0.25) is 0 Å².